The summed E-state index contributed by atoms with van der Waals surface area (Å²) in [5.41, 5.74) is 6.38. The summed E-state index contributed by atoms with van der Waals surface area (Å²) in [6, 6.07) is 0.904. The standard InChI is InChI=1S/C9H9N3O3/c1-4(10)7(13)5-2-6-8(11-3-5)15-9(14)12-6/h2-4H,10H2,1H3,(H,12,14). The summed E-state index contributed by atoms with van der Waals surface area (Å²) in [5, 5.41) is 0. The SMILES string of the molecule is CC(N)C(=O)c1cnc2oc(=O)[nH]c2c1. The molecule has 6 heteroatoms. The van der Waals surface area contributed by atoms with Gasteiger partial charge in [0, 0.05) is 11.8 Å². The van der Waals surface area contributed by atoms with Crippen LogP contribution in [0.1, 0.15) is 17.3 Å². The normalized spacial score (nSPS) is 12.9. The first-order valence-corrected chi connectivity index (χ1v) is 4.36. The lowest BCUT2D eigenvalue weighted by atomic mass is 10.1. The Bertz CT molecular complexity index is 567. The van der Waals surface area contributed by atoms with Gasteiger partial charge in [-0.2, -0.15) is 0 Å². The predicted octanol–water partition coefficient (Wildman–Crippen LogP) is 0.0460. The number of aromatic nitrogens is 2. The second-order valence-electron chi connectivity index (χ2n) is 3.24. The number of H-pyrrole nitrogens is 1. The van der Waals surface area contributed by atoms with Crippen molar-refractivity contribution in [2.45, 2.75) is 13.0 Å². The smallest absolute Gasteiger partial charge is 0.389 e. The van der Waals surface area contributed by atoms with Crippen LogP contribution in [0.4, 0.5) is 0 Å². The molecule has 3 N–H and O–H groups in total. The zero-order chi connectivity index (χ0) is 11.0. The van der Waals surface area contributed by atoms with Gasteiger partial charge >= 0.3 is 5.76 Å². The van der Waals surface area contributed by atoms with Gasteiger partial charge in [0.25, 0.3) is 0 Å². The van der Waals surface area contributed by atoms with Gasteiger partial charge in [0.05, 0.1) is 6.04 Å². The van der Waals surface area contributed by atoms with Crippen LogP contribution in [0.25, 0.3) is 11.2 Å². The van der Waals surface area contributed by atoms with E-state index in [0.29, 0.717) is 11.1 Å². The summed E-state index contributed by atoms with van der Waals surface area (Å²) in [4.78, 5) is 28.6. The Kier molecular flexibility index (Phi) is 2.12. The molecule has 0 spiro atoms. The highest BCUT2D eigenvalue weighted by molar-refractivity contribution is 6.01. The monoisotopic (exact) mass is 207 g/mol. The summed E-state index contributed by atoms with van der Waals surface area (Å²) in [7, 11) is 0. The van der Waals surface area contributed by atoms with E-state index in [9.17, 15) is 9.59 Å². The summed E-state index contributed by atoms with van der Waals surface area (Å²) in [6.45, 7) is 1.59. The van der Waals surface area contributed by atoms with E-state index in [0.717, 1.165) is 0 Å². The maximum absolute atomic E-state index is 11.5. The Hall–Kier alpha value is -1.95. The predicted molar refractivity (Wildman–Crippen MR) is 52.6 cm³/mol. The van der Waals surface area contributed by atoms with Gasteiger partial charge < -0.3 is 10.2 Å². The Balaban J connectivity index is 2.55. The molecule has 0 fully saturated rings. The molecule has 2 heterocycles. The van der Waals surface area contributed by atoms with Crippen LogP contribution in [-0.2, 0) is 0 Å². The van der Waals surface area contributed by atoms with E-state index in [2.05, 4.69) is 9.97 Å². The van der Waals surface area contributed by atoms with Crippen LogP contribution in [0, 0.1) is 0 Å². The topological polar surface area (TPSA) is 102 Å². The van der Waals surface area contributed by atoms with Crippen LogP contribution in [-0.4, -0.2) is 21.8 Å². The number of fused-ring (bicyclic) bond motifs is 1. The molecule has 1 atom stereocenters. The van der Waals surface area contributed by atoms with E-state index in [1.807, 2.05) is 0 Å². The molecule has 2 rings (SSSR count). The first kappa shape index (κ1) is 9.60. The number of carbonyl (C=O) groups is 1. The van der Waals surface area contributed by atoms with Crippen molar-refractivity contribution in [3.8, 4) is 0 Å². The number of aromatic amines is 1. The van der Waals surface area contributed by atoms with Gasteiger partial charge in [-0.3, -0.25) is 9.78 Å². The van der Waals surface area contributed by atoms with Gasteiger partial charge in [-0.25, -0.2) is 9.78 Å². The minimum absolute atomic E-state index is 0.182. The second kappa shape index (κ2) is 3.32. The fraction of sp³-hybridized carbons (Fsp3) is 0.222. The Morgan fingerprint density at radius 2 is 2.40 bits per heavy atom. The van der Waals surface area contributed by atoms with E-state index in [1.165, 1.54) is 12.3 Å². The molecule has 0 amide bonds. The number of rotatable bonds is 2. The molecule has 0 aliphatic heterocycles. The molecule has 0 aliphatic rings. The first-order valence-electron chi connectivity index (χ1n) is 4.36. The molecule has 2 aromatic heterocycles. The molecule has 15 heavy (non-hydrogen) atoms. The molecule has 78 valence electrons. The third-order valence-corrected chi connectivity index (χ3v) is 1.98. The fourth-order valence-electron chi connectivity index (χ4n) is 1.24. The quantitative estimate of drug-likeness (QED) is 0.677. The van der Waals surface area contributed by atoms with Crippen molar-refractivity contribution in [2.24, 2.45) is 5.73 Å². The van der Waals surface area contributed by atoms with Crippen molar-refractivity contribution in [3.05, 3.63) is 28.4 Å². The number of nitrogens with zero attached hydrogens (tertiary/aromatic N) is 1. The number of pyridine rings is 1. The molecular formula is C9H9N3O3. The average molecular weight is 207 g/mol. The van der Waals surface area contributed by atoms with Crippen molar-refractivity contribution in [1.82, 2.24) is 9.97 Å². The number of hydrogen-bond acceptors (Lipinski definition) is 5. The molecule has 1 unspecified atom stereocenters. The van der Waals surface area contributed by atoms with Gasteiger partial charge in [0.1, 0.15) is 5.52 Å². The number of ketones is 1. The Morgan fingerprint density at radius 1 is 1.67 bits per heavy atom. The zero-order valence-corrected chi connectivity index (χ0v) is 7.98. The van der Waals surface area contributed by atoms with Gasteiger partial charge in [-0.1, -0.05) is 0 Å². The average Bonchev–Trinajstić information content (AvgIpc) is 2.55. The molecule has 0 bridgehead atoms. The van der Waals surface area contributed by atoms with Crippen LogP contribution in [0.3, 0.4) is 0 Å². The van der Waals surface area contributed by atoms with Gasteiger partial charge in [0.15, 0.2) is 5.78 Å². The minimum atomic E-state index is -0.595. The van der Waals surface area contributed by atoms with Crippen LogP contribution in [0.2, 0.25) is 0 Å². The van der Waals surface area contributed by atoms with E-state index in [4.69, 9.17) is 10.2 Å². The largest absolute Gasteiger partial charge is 0.418 e. The highest BCUT2D eigenvalue weighted by Crippen LogP contribution is 2.10. The van der Waals surface area contributed by atoms with Gasteiger partial charge in [-0.15, -0.1) is 0 Å². The molecule has 2 aromatic rings. The highest BCUT2D eigenvalue weighted by atomic mass is 16.4. The number of hydrogen-bond donors (Lipinski definition) is 2. The van der Waals surface area contributed by atoms with E-state index >= 15 is 0 Å². The molecule has 0 aromatic carbocycles. The number of oxazole rings is 1. The van der Waals surface area contributed by atoms with Crippen molar-refractivity contribution < 1.29 is 9.21 Å². The Labute approximate surface area is 84.1 Å². The molecular weight excluding hydrogens is 198 g/mol. The Morgan fingerprint density at radius 3 is 3.07 bits per heavy atom. The minimum Gasteiger partial charge on any atom is -0.389 e. The molecule has 0 saturated carbocycles. The molecule has 0 aliphatic carbocycles. The summed E-state index contributed by atoms with van der Waals surface area (Å²) < 4.78 is 4.70. The van der Waals surface area contributed by atoms with Crippen molar-refractivity contribution in [3.63, 3.8) is 0 Å². The van der Waals surface area contributed by atoms with E-state index in [1.54, 1.807) is 6.92 Å². The number of nitrogens with two attached hydrogens (primary N) is 1. The number of Topliss-reactive ketones (excluding diaryl/α,β-unsaturated/α-hetero) is 1. The zero-order valence-electron chi connectivity index (χ0n) is 7.98. The number of nitrogens with one attached hydrogen (secondary N) is 1. The van der Waals surface area contributed by atoms with Crippen molar-refractivity contribution >= 4 is 17.0 Å². The van der Waals surface area contributed by atoms with Crippen LogP contribution in [0.15, 0.2) is 21.5 Å². The highest BCUT2D eigenvalue weighted by Gasteiger charge is 2.13. The van der Waals surface area contributed by atoms with E-state index in [-0.39, 0.29) is 11.5 Å². The molecule has 0 saturated heterocycles. The van der Waals surface area contributed by atoms with E-state index < -0.39 is 11.8 Å². The summed E-state index contributed by atoms with van der Waals surface area (Å²) in [5.74, 6) is -0.825. The summed E-state index contributed by atoms with van der Waals surface area (Å²) in [6.07, 6.45) is 1.34. The lowest BCUT2D eigenvalue weighted by molar-refractivity contribution is 0.0968. The van der Waals surface area contributed by atoms with Gasteiger partial charge in [-0.05, 0) is 13.0 Å². The maximum atomic E-state index is 11.5. The molecule has 6 nitrogen and oxygen atoms in total. The second-order valence-corrected chi connectivity index (χ2v) is 3.24. The summed E-state index contributed by atoms with van der Waals surface area (Å²) >= 11 is 0. The van der Waals surface area contributed by atoms with Crippen LogP contribution in [0.5, 0.6) is 0 Å². The third kappa shape index (κ3) is 1.66. The van der Waals surface area contributed by atoms with Crippen molar-refractivity contribution in [2.75, 3.05) is 0 Å². The fourth-order valence-corrected chi connectivity index (χ4v) is 1.24. The maximum Gasteiger partial charge on any atom is 0.418 e. The number of carbonyl (C=O) groups excluding carboxylic acids is 1. The first-order chi connectivity index (χ1) is 7.08. The molecule has 0 radical (unpaired) electrons. The lowest BCUT2D eigenvalue weighted by Gasteiger charge is -2.02. The van der Waals surface area contributed by atoms with Crippen molar-refractivity contribution in [1.29, 1.82) is 0 Å². The lowest BCUT2D eigenvalue weighted by Crippen LogP contribution is -2.26. The third-order valence-electron chi connectivity index (χ3n) is 1.98. The van der Waals surface area contributed by atoms with Crippen LogP contribution >= 0.6 is 0 Å². The van der Waals surface area contributed by atoms with Crippen LogP contribution < -0.4 is 11.5 Å². The van der Waals surface area contributed by atoms with Gasteiger partial charge in [0.2, 0.25) is 5.71 Å².